The highest BCUT2D eigenvalue weighted by Gasteiger charge is 2.22. The molecule has 6 heteroatoms. The zero-order valence-corrected chi connectivity index (χ0v) is 15.5. The van der Waals surface area contributed by atoms with Gasteiger partial charge in [-0.05, 0) is 31.3 Å². The number of hydrogen-bond donors (Lipinski definition) is 0. The number of piperazine rings is 2. The Morgan fingerprint density at radius 3 is 2.20 bits per heavy atom. The van der Waals surface area contributed by atoms with Crippen LogP contribution in [-0.4, -0.2) is 93.7 Å². The van der Waals surface area contributed by atoms with Gasteiger partial charge in [0, 0.05) is 71.0 Å². The first-order valence-electron chi connectivity index (χ1n) is 9.23. The average Bonchev–Trinajstić information content (AvgIpc) is 2.67. The van der Waals surface area contributed by atoms with E-state index in [1.165, 1.54) is 5.69 Å². The van der Waals surface area contributed by atoms with Gasteiger partial charge in [-0.3, -0.25) is 4.79 Å². The van der Waals surface area contributed by atoms with Gasteiger partial charge in [0.2, 0.25) is 5.91 Å². The van der Waals surface area contributed by atoms with Crippen molar-refractivity contribution in [1.82, 2.24) is 14.7 Å². The maximum atomic E-state index is 12.5. The zero-order chi connectivity index (χ0) is 17.6. The van der Waals surface area contributed by atoms with Gasteiger partial charge >= 0.3 is 0 Å². The Labute approximate surface area is 150 Å². The molecule has 2 aliphatic rings. The van der Waals surface area contributed by atoms with E-state index in [1.807, 2.05) is 17.0 Å². The van der Waals surface area contributed by atoms with Gasteiger partial charge in [-0.1, -0.05) is 0 Å². The Morgan fingerprint density at radius 1 is 0.960 bits per heavy atom. The third-order valence-electron chi connectivity index (χ3n) is 5.31. The lowest BCUT2D eigenvalue weighted by Crippen LogP contribution is -2.50. The summed E-state index contributed by atoms with van der Waals surface area (Å²) in [6.07, 6.45) is 0.645. The van der Waals surface area contributed by atoms with Crippen molar-refractivity contribution in [2.45, 2.75) is 6.42 Å². The molecule has 1 aromatic carbocycles. The first kappa shape index (κ1) is 18.0. The molecule has 2 heterocycles. The van der Waals surface area contributed by atoms with Crippen molar-refractivity contribution in [2.75, 3.05) is 78.0 Å². The van der Waals surface area contributed by atoms with Crippen molar-refractivity contribution >= 4 is 11.6 Å². The van der Waals surface area contributed by atoms with Gasteiger partial charge in [0.15, 0.2) is 0 Å². The fourth-order valence-electron chi connectivity index (χ4n) is 3.49. The molecule has 0 aromatic heterocycles. The maximum Gasteiger partial charge on any atom is 0.223 e. The van der Waals surface area contributed by atoms with Gasteiger partial charge in [-0.25, -0.2) is 0 Å². The van der Waals surface area contributed by atoms with Crippen LogP contribution in [-0.2, 0) is 4.79 Å². The van der Waals surface area contributed by atoms with Crippen molar-refractivity contribution in [2.24, 2.45) is 0 Å². The van der Waals surface area contributed by atoms with Crippen LogP contribution < -0.4 is 9.64 Å². The summed E-state index contributed by atoms with van der Waals surface area (Å²) in [5.41, 5.74) is 1.20. The Morgan fingerprint density at radius 2 is 1.60 bits per heavy atom. The van der Waals surface area contributed by atoms with E-state index in [9.17, 15) is 4.79 Å². The van der Waals surface area contributed by atoms with Crippen LogP contribution in [0.1, 0.15) is 6.42 Å². The molecule has 2 saturated heterocycles. The fourth-order valence-corrected chi connectivity index (χ4v) is 3.49. The molecule has 6 nitrogen and oxygen atoms in total. The fraction of sp³-hybridized carbons (Fsp3) is 0.632. The van der Waals surface area contributed by atoms with Gasteiger partial charge in [-0.15, -0.1) is 0 Å². The van der Waals surface area contributed by atoms with Gasteiger partial charge in [-0.2, -0.15) is 0 Å². The first-order valence-corrected chi connectivity index (χ1v) is 9.23. The largest absolute Gasteiger partial charge is 0.497 e. The van der Waals surface area contributed by atoms with Gasteiger partial charge < -0.3 is 24.3 Å². The van der Waals surface area contributed by atoms with Crippen molar-refractivity contribution in [3.8, 4) is 5.75 Å². The second-order valence-electron chi connectivity index (χ2n) is 6.96. The third kappa shape index (κ3) is 4.86. The van der Waals surface area contributed by atoms with Crippen molar-refractivity contribution in [3.63, 3.8) is 0 Å². The number of rotatable bonds is 5. The number of carbonyl (C=O) groups excluding carboxylic acids is 1. The van der Waals surface area contributed by atoms with E-state index in [-0.39, 0.29) is 0 Å². The standard InChI is InChI=1S/C19H30N4O2/c1-20-9-11-21(12-10-20)8-7-19(24)23-15-13-22(14-16-23)17-3-5-18(25-2)6-4-17/h3-6H,7-16H2,1-2H3. The molecule has 138 valence electrons. The molecule has 25 heavy (non-hydrogen) atoms. The Balaban J connectivity index is 1.41. The number of carbonyl (C=O) groups is 1. The van der Waals surface area contributed by atoms with E-state index >= 15 is 0 Å². The predicted octanol–water partition coefficient (Wildman–Crippen LogP) is 0.981. The van der Waals surface area contributed by atoms with Crippen molar-refractivity contribution in [3.05, 3.63) is 24.3 Å². The number of amides is 1. The number of methoxy groups -OCH3 is 1. The summed E-state index contributed by atoms with van der Waals surface area (Å²) in [6, 6.07) is 8.15. The quantitative estimate of drug-likeness (QED) is 0.795. The maximum absolute atomic E-state index is 12.5. The van der Waals surface area contributed by atoms with Crippen LogP contribution in [0.2, 0.25) is 0 Å². The minimum atomic E-state index is 0.299. The highest BCUT2D eigenvalue weighted by molar-refractivity contribution is 5.76. The second kappa shape index (κ2) is 8.54. The molecule has 2 fully saturated rings. The SMILES string of the molecule is COc1ccc(N2CCN(C(=O)CCN3CCN(C)CC3)CC2)cc1. The Kier molecular flexibility index (Phi) is 6.15. The molecule has 0 radical (unpaired) electrons. The first-order chi connectivity index (χ1) is 12.2. The number of nitrogens with zero attached hydrogens (tertiary/aromatic N) is 4. The minimum Gasteiger partial charge on any atom is -0.497 e. The topological polar surface area (TPSA) is 39.3 Å². The summed E-state index contributed by atoms with van der Waals surface area (Å²) in [5, 5.41) is 0. The summed E-state index contributed by atoms with van der Waals surface area (Å²) in [4.78, 5) is 21.6. The summed E-state index contributed by atoms with van der Waals surface area (Å²) < 4.78 is 5.21. The Bertz CT molecular complexity index is 547. The lowest BCUT2D eigenvalue weighted by atomic mass is 10.2. The second-order valence-corrected chi connectivity index (χ2v) is 6.96. The molecule has 0 spiro atoms. The smallest absolute Gasteiger partial charge is 0.223 e. The number of ether oxygens (including phenoxy) is 1. The lowest BCUT2D eigenvalue weighted by molar-refractivity contribution is -0.131. The molecule has 1 aromatic rings. The molecular weight excluding hydrogens is 316 g/mol. The summed E-state index contributed by atoms with van der Waals surface area (Å²) in [7, 11) is 3.84. The molecule has 1 amide bonds. The van der Waals surface area contributed by atoms with Crippen molar-refractivity contribution < 1.29 is 9.53 Å². The van der Waals surface area contributed by atoms with E-state index in [4.69, 9.17) is 4.74 Å². The van der Waals surface area contributed by atoms with E-state index in [2.05, 4.69) is 33.9 Å². The third-order valence-corrected chi connectivity index (χ3v) is 5.31. The predicted molar refractivity (Wildman–Crippen MR) is 100 cm³/mol. The molecular formula is C19H30N4O2. The molecule has 3 rings (SSSR count). The summed E-state index contributed by atoms with van der Waals surface area (Å²) in [5.74, 6) is 1.18. The molecule has 0 atom stereocenters. The normalized spacial score (nSPS) is 19.9. The molecule has 0 saturated carbocycles. The summed E-state index contributed by atoms with van der Waals surface area (Å²) in [6.45, 7) is 8.68. The molecule has 0 bridgehead atoms. The van der Waals surface area contributed by atoms with Crippen LogP contribution in [0.3, 0.4) is 0 Å². The van der Waals surface area contributed by atoms with Crippen LogP contribution in [0.5, 0.6) is 5.75 Å². The van der Waals surface area contributed by atoms with Crippen molar-refractivity contribution in [1.29, 1.82) is 0 Å². The van der Waals surface area contributed by atoms with E-state index < -0.39 is 0 Å². The average molecular weight is 346 g/mol. The van der Waals surface area contributed by atoms with Gasteiger partial charge in [0.1, 0.15) is 5.75 Å². The molecule has 2 aliphatic heterocycles. The molecule has 0 N–H and O–H groups in total. The van der Waals surface area contributed by atoms with E-state index in [0.29, 0.717) is 12.3 Å². The molecule has 0 aliphatic carbocycles. The Hall–Kier alpha value is -1.79. The highest BCUT2D eigenvalue weighted by Crippen LogP contribution is 2.20. The van der Waals surface area contributed by atoms with Crippen LogP contribution in [0.15, 0.2) is 24.3 Å². The van der Waals surface area contributed by atoms with E-state index in [1.54, 1.807) is 7.11 Å². The van der Waals surface area contributed by atoms with E-state index in [0.717, 1.165) is 64.7 Å². The van der Waals surface area contributed by atoms with Gasteiger partial charge in [0.25, 0.3) is 0 Å². The molecule has 0 unspecified atom stereocenters. The minimum absolute atomic E-state index is 0.299. The zero-order valence-electron chi connectivity index (χ0n) is 15.5. The van der Waals surface area contributed by atoms with Crippen LogP contribution in [0.4, 0.5) is 5.69 Å². The number of anilines is 1. The summed E-state index contributed by atoms with van der Waals surface area (Å²) >= 11 is 0. The number of benzene rings is 1. The number of hydrogen-bond acceptors (Lipinski definition) is 5. The number of likely N-dealkylation sites (N-methyl/N-ethyl adjacent to an activating group) is 1. The van der Waals surface area contributed by atoms with Crippen LogP contribution in [0.25, 0.3) is 0 Å². The monoisotopic (exact) mass is 346 g/mol. The van der Waals surface area contributed by atoms with Crippen LogP contribution >= 0.6 is 0 Å². The van der Waals surface area contributed by atoms with Gasteiger partial charge in [0.05, 0.1) is 7.11 Å². The van der Waals surface area contributed by atoms with Crippen LogP contribution in [0, 0.1) is 0 Å². The lowest BCUT2D eigenvalue weighted by Gasteiger charge is -2.37. The highest BCUT2D eigenvalue weighted by atomic mass is 16.5.